The maximum Gasteiger partial charge on any atom is 0.303 e. The van der Waals surface area contributed by atoms with Crippen molar-refractivity contribution < 1.29 is 14.7 Å². The fraction of sp³-hybridized carbons (Fsp3) is 0.467. The molecule has 0 spiro atoms. The summed E-state index contributed by atoms with van der Waals surface area (Å²) >= 11 is 1.57. The maximum absolute atomic E-state index is 11.9. The summed E-state index contributed by atoms with van der Waals surface area (Å²) in [5.74, 6) is -0.0437. The molecule has 1 unspecified atom stereocenters. The van der Waals surface area contributed by atoms with Crippen molar-refractivity contribution in [3.8, 4) is 0 Å². The first-order valence-electron chi connectivity index (χ1n) is 6.79. The highest BCUT2D eigenvalue weighted by molar-refractivity contribution is 7.99. The Kier molecular flexibility index (Phi) is 7.15. The molecule has 1 atom stereocenters. The van der Waals surface area contributed by atoms with E-state index in [0.29, 0.717) is 6.42 Å². The van der Waals surface area contributed by atoms with Crippen LogP contribution in [0.2, 0.25) is 0 Å². The first-order chi connectivity index (χ1) is 9.54. The van der Waals surface area contributed by atoms with E-state index < -0.39 is 5.97 Å². The second-order valence-corrected chi connectivity index (χ2v) is 5.78. The standard InChI is InChI=1S/C15H21NO3S/c1-3-11(2)15(19)16-12-7-4-5-8-13(12)20-10-6-9-14(17)18/h4-5,7-8,11H,3,6,9-10H2,1-2H3,(H,16,19)(H,17,18). The quantitative estimate of drug-likeness (QED) is 0.568. The van der Waals surface area contributed by atoms with Crippen LogP contribution >= 0.6 is 11.8 Å². The minimum Gasteiger partial charge on any atom is -0.481 e. The number of anilines is 1. The Hall–Kier alpha value is -1.49. The number of aliphatic carboxylic acids is 1. The molecule has 1 rings (SSSR count). The van der Waals surface area contributed by atoms with Gasteiger partial charge in [0, 0.05) is 17.2 Å². The van der Waals surface area contributed by atoms with Crippen molar-refractivity contribution in [2.45, 2.75) is 38.0 Å². The third-order valence-corrected chi connectivity index (χ3v) is 4.16. The monoisotopic (exact) mass is 295 g/mol. The lowest BCUT2D eigenvalue weighted by molar-refractivity contribution is -0.137. The number of carbonyl (C=O) groups excluding carboxylic acids is 1. The number of rotatable bonds is 8. The van der Waals surface area contributed by atoms with Gasteiger partial charge in [-0.15, -0.1) is 11.8 Å². The average molecular weight is 295 g/mol. The zero-order valence-corrected chi connectivity index (χ0v) is 12.7. The number of nitrogens with one attached hydrogen (secondary N) is 1. The summed E-state index contributed by atoms with van der Waals surface area (Å²) < 4.78 is 0. The molecule has 1 aromatic carbocycles. The molecule has 0 aromatic heterocycles. The Morgan fingerprint density at radius 2 is 2.05 bits per heavy atom. The second-order valence-electron chi connectivity index (χ2n) is 4.64. The Morgan fingerprint density at radius 1 is 1.35 bits per heavy atom. The normalized spacial score (nSPS) is 11.9. The van der Waals surface area contributed by atoms with Gasteiger partial charge in [-0.3, -0.25) is 9.59 Å². The zero-order chi connectivity index (χ0) is 15.0. The summed E-state index contributed by atoms with van der Waals surface area (Å²) in [7, 11) is 0. The summed E-state index contributed by atoms with van der Waals surface area (Å²) in [5, 5.41) is 11.5. The fourth-order valence-corrected chi connectivity index (χ4v) is 2.50. The van der Waals surface area contributed by atoms with Gasteiger partial charge >= 0.3 is 5.97 Å². The molecule has 0 saturated heterocycles. The van der Waals surface area contributed by atoms with Crippen LogP contribution in [0.1, 0.15) is 33.1 Å². The number of amides is 1. The van der Waals surface area contributed by atoms with Gasteiger partial charge in [-0.05, 0) is 30.7 Å². The molecular formula is C15H21NO3S. The first-order valence-corrected chi connectivity index (χ1v) is 7.77. The van der Waals surface area contributed by atoms with Gasteiger partial charge in [0.25, 0.3) is 0 Å². The molecule has 1 aromatic rings. The van der Waals surface area contributed by atoms with E-state index in [-0.39, 0.29) is 18.2 Å². The van der Waals surface area contributed by atoms with Crippen LogP contribution in [0.25, 0.3) is 0 Å². The molecule has 4 nitrogen and oxygen atoms in total. The van der Waals surface area contributed by atoms with Crippen LogP contribution in [-0.2, 0) is 9.59 Å². The Balaban J connectivity index is 2.59. The van der Waals surface area contributed by atoms with E-state index >= 15 is 0 Å². The van der Waals surface area contributed by atoms with E-state index in [9.17, 15) is 9.59 Å². The number of thioether (sulfide) groups is 1. The Labute approximate surface area is 124 Å². The fourth-order valence-electron chi connectivity index (χ4n) is 1.54. The van der Waals surface area contributed by atoms with E-state index in [2.05, 4.69) is 5.32 Å². The third-order valence-electron chi connectivity index (χ3n) is 3.00. The van der Waals surface area contributed by atoms with Gasteiger partial charge in [0.2, 0.25) is 5.91 Å². The van der Waals surface area contributed by atoms with Crippen molar-refractivity contribution in [1.29, 1.82) is 0 Å². The molecule has 2 N–H and O–H groups in total. The molecule has 0 fully saturated rings. The van der Waals surface area contributed by atoms with Gasteiger partial charge in [0.1, 0.15) is 0 Å². The van der Waals surface area contributed by atoms with Crippen molar-refractivity contribution in [1.82, 2.24) is 0 Å². The van der Waals surface area contributed by atoms with Crippen molar-refractivity contribution >= 4 is 29.3 Å². The molecule has 0 radical (unpaired) electrons. The lowest BCUT2D eigenvalue weighted by Gasteiger charge is -2.13. The number of carboxylic acids is 1. The van der Waals surface area contributed by atoms with Gasteiger partial charge < -0.3 is 10.4 Å². The SMILES string of the molecule is CCC(C)C(=O)Nc1ccccc1SCCCC(=O)O. The minimum absolute atomic E-state index is 0.0138. The van der Waals surface area contributed by atoms with Crippen LogP contribution < -0.4 is 5.32 Å². The second kappa shape index (κ2) is 8.64. The third kappa shape index (κ3) is 5.65. The van der Waals surface area contributed by atoms with E-state index in [4.69, 9.17) is 5.11 Å². The van der Waals surface area contributed by atoms with Gasteiger partial charge in [-0.25, -0.2) is 0 Å². The van der Waals surface area contributed by atoms with Gasteiger partial charge in [0.05, 0.1) is 5.69 Å². The lowest BCUT2D eigenvalue weighted by Crippen LogP contribution is -2.20. The number of para-hydroxylation sites is 1. The summed E-state index contributed by atoms with van der Waals surface area (Å²) in [6, 6.07) is 7.61. The van der Waals surface area contributed by atoms with Crippen LogP contribution in [0, 0.1) is 5.92 Å². The summed E-state index contributed by atoms with van der Waals surface area (Å²) in [5.41, 5.74) is 0.804. The molecule has 0 aliphatic heterocycles. The van der Waals surface area contributed by atoms with E-state index in [1.54, 1.807) is 11.8 Å². The van der Waals surface area contributed by atoms with Crippen LogP contribution in [-0.4, -0.2) is 22.7 Å². The van der Waals surface area contributed by atoms with E-state index in [1.165, 1.54) is 0 Å². The number of hydrogen-bond donors (Lipinski definition) is 2. The maximum atomic E-state index is 11.9. The molecule has 5 heteroatoms. The van der Waals surface area contributed by atoms with Crippen molar-refractivity contribution in [3.63, 3.8) is 0 Å². The number of hydrogen-bond acceptors (Lipinski definition) is 3. The predicted molar refractivity (Wildman–Crippen MR) is 82.1 cm³/mol. The minimum atomic E-state index is -0.774. The molecule has 0 heterocycles. The molecule has 0 saturated carbocycles. The van der Waals surface area contributed by atoms with E-state index in [0.717, 1.165) is 22.8 Å². The van der Waals surface area contributed by atoms with Gasteiger partial charge in [-0.2, -0.15) is 0 Å². The summed E-state index contributed by atoms with van der Waals surface area (Å²) in [4.78, 5) is 23.4. The number of carbonyl (C=O) groups is 2. The van der Waals surface area contributed by atoms with Crippen molar-refractivity contribution in [2.24, 2.45) is 5.92 Å². The highest BCUT2D eigenvalue weighted by Crippen LogP contribution is 2.28. The Morgan fingerprint density at radius 3 is 2.70 bits per heavy atom. The topological polar surface area (TPSA) is 66.4 Å². The van der Waals surface area contributed by atoms with E-state index in [1.807, 2.05) is 38.1 Å². The van der Waals surface area contributed by atoms with Crippen molar-refractivity contribution in [2.75, 3.05) is 11.1 Å². The van der Waals surface area contributed by atoms with Crippen LogP contribution in [0.15, 0.2) is 29.2 Å². The summed E-state index contributed by atoms with van der Waals surface area (Å²) in [6.45, 7) is 3.88. The number of benzene rings is 1. The molecule has 1 amide bonds. The van der Waals surface area contributed by atoms with Crippen LogP contribution in [0.3, 0.4) is 0 Å². The molecule has 20 heavy (non-hydrogen) atoms. The van der Waals surface area contributed by atoms with Crippen LogP contribution in [0.4, 0.5) is 5.69 Å². The number of carboxylic acid groups (broad SMARTS) is 1. The zero-order valence-electron chi connectivity index (χ0n) is 11.9. The lowest BCUT2D eigenvalue weighted by atomic mass is 10.1. The Bertz CT molecular complexity index is 462. The first kappa shape index (κ1) is 16.6. The van der Waals surface area contributed by atoms with Crippen molar-refractivity contribution in [3.05, 3.63) is 24.3 Å². The largest absolute Gasteiger partial charge is 0.481 e. The van der Waals surface area contributed by atoms with Gasteiger partial charge in [0.15, 0.2) is 0 Å². The highest BCUT2D eigenvalue weighted by atomic mass is 32.2. The molecule has 0 bridgehead atoms. The van der Waals surface area contributed by atoms with Crippen LogP contribution in [0.5, 0.6) is 0 Å². The smallest absolute Gasteiger partial charge is 0.303 e. The molecule has 0 aliphatic rings. The predicted octanol–water partition coefficient (Wildman–Crippen LogP) is 3.63. The highest BCUT2D eigenvalue weighted by Gasteiger charge is 2.12. The molecule has 0 aliphatic carbocycles. The molecule has 110 valence electrons. The van der Waals surface area contributed by atoms with Gasteiger partial charge in [-0.1, -0.05) is 26.0 Å². The summed E-state index contributed by atoms with van der Waals surface area (Å²) in [6.07, 6.45) is 1.60. The average Bonchev–Trinajstić information content (AvgIpc) is 2.44. The molecular weight excluding hydrogens is 274 g/mol.